The van der Waals surface area contributed by atoms with Gasteiger partial charge >= 0.3 is 0 Å². The van der Waals surface area contributed by atoms with Crippen molar-refractivity contribution in [3.8, 4) is 17.0 Å². The fourth-order valence-electron chi connectivity index (χ4n) is 3.98. The maximum Gasteiger partial charge on any atom is 0.251 e. The Morgan fingerprint density at radius 1 is 0.972 bits per heavy atom. The Labute approximate surface area is 210 Å². The van der Waals surface area contributed by atoms with E-state index in [0.717, 1.165) is 33.6 Å². The first-order valence-electron chi connectivity index (χ1n) is 11.8. The lowest BCUT2D eigenvalue weighted by atomic mass is 10.0. The van der Waals surface area contributed by atoms with Crippen LogP contribution in [0.2, 0.25) is 0 Å². The summed E-state index contributed by atoms with van der Waals surface area (Å²) in [6.07, 6.45) is 1.78. The fraction of sp³-hybridized carbons (Fsp3) is 0.107. The Morgan fingerprint density at radius 3 is 2.39 bits per heavy atom. The third kappa shape index (κ3) is 4.93. The van der Waals surface area contributed by atoms with E-state index in [2.05, 4.69) is 15.7 Å². The number of nitrogens with one attached hydrogen (secondary N) is 2. The maximum absolute atomic E-state index is 12.4. The zero-order valence-electron chi connectivity index (χ0n) is 20.2. The van der Waals surface area contributed by atoms with Crippen molar-refractivity contribution in [2.24, 2.45) is 0 Å². The van der Waals surface area contributed by atoms with Gasteiger partial charge in [-0.3, -0.25) is 4.79 Å². The molecule has 0 radical (unpaired) electrons. The molecule has 2 heterocycles. The molecule has 0 atom stereocenters. The van der Waals surface area contributed by atoms with Crippen molar-refractivity contribution in [1.82, 2.24) is 19.9 Å². The van der Waals surface area contributed by atoms with E-state index < -0.39 is 0 Å². The molecule has 0 bridgehead atoms. The van der Waals surface area contributed by atoms with Crippen LogP contribution in [-0.4, -0.2) is 33.5 Å². The molecule has 5 rings (SSSR count). The molecule has 0 saturated carbocycles. The molecule has 2 aromatic heterocycles. The minimum absolute atomic E-state index is 0.0859. The fourth-order valence-corrected chi connectivity index (χ4v) is 3.98. The number of rotatable bonds is 7. The number of anilines is 1. The van der Waals surface area contributed by atoms with Crippen molar-refractivity contribution in [3.05, 3.63) is 107 Å². The molecule has 0 saturated heterocycles. The van der Waals surface area contributed by atoms with Crippen molar-refractivity contribution >= 4 is 30.7 Å². The number of hydrogen-bond donors (Lipinski definition) is 3. The number of carbonyl (C=O) groups is 1. The molecule has 36 heavy (non-hydrogen) atoms. The summed E-state index contributed by atoms with van der Waals surface area (Å²) in [5, 5.41) is 21.2. The predicted molar refractivity (Wildman–Crippen MR) is 144 cm³/mol. The highest BCUT2D eigenvalue weighted by atomic mass is 16.3. The molecular formula is C28H26BN5O2. The molecule has 0 unspecified atom stereocenters. The lowest BCUT2D eigenvalue weighted by molar-refractivity contribution is 0.0951. The molecule has 0 aliphatic heterocycles. The highest BCUT2D eigenvalue weighted by Crippen LogP contribution is 2.29. The quantitative estimate of drug-likeness (QED) is 0.315. The van der Waals surface area contributed by atoms with E-state index in [1.54, 1.807) is 22.8 Å². The van der Waals surface area contributed by atoms with Crippen molar-refractivity contribution < 1.29 is 9.90 Å². The molecule has 0 aliphatic rings. The number of aromatic hydroxyl groups is 1. The largest absolute Gasteiger partial charge is 0.507 e. The van der Waals surface area contributed by atoms with Crippen LogP contribution in [0.5, 0.6) is 5.75 Å². The molecule has 8 heteroatoms. The van der Waals surface area contributed by atoms with Crippen LogP contribution in [0.1, 0.15) is 27.0 Å². The first kappa shape index (κ1) is 23.2. The summed E-state index contributed by atoms with van der Waals surface area (Å²) in [7, 11) is 1.96. The van der Waals surface area contributed by atoms with Gasteiger partial charge in [0.25, 0.3) is 5.91 Å². The highest BCUT2D eigenvalue weighted by Gasteiger charge is 2.13. The molecule has 1 amide bonds. The van der Waals surface area contributed by atoms with Crippen LogP contribution in [0.15, 0.2) is 85.1 Å². The summed E-state index contributed by atoms with van der Waals surface area (Å²) in [4.78, 5) is 17.1. The van der Waals surface area contributed by atoms with Crippen LogP contribution in [0, 0.1) is 6.92 Å². The van der Waals surface area contributed by atoms with E-state index in [4.69, 9.17) is 4.98 Å². The Kier molecular flexibility index (Phi) is 6.41. The van der Waals surface area contributed by atoms with Crippen LogP contribution < -0.4 is 16.1 Å². The zero-order chi connectivity index (χ0) is 25.1. The number of fused-ring (bicyclic) bond motifs is 1. The van der Waals surface area contributed by atoms with Crippen molar-refractivity contribution in [2.75, 3.05) is 5.32 Å². The van der Waals surface area contributed by atoms with Gasteiger partial charge in [-0.05, 0) is 47.8 Å². The van der Waals surface area contributed by atoms with Gasteiger partial charge in [0, 0.05) is 36.5 Å². The second-order valence-corrected chi connectivity index (χ2v) is 8.83. The zero-order valence-corrected chi connectivity index (χ0v) is 20.2. The number of phenolic OH excluding ortho intramolecular Hbond substituents is 1. The topological polar surface area (TPSA) is 91.5 Å². The van der Waals surface area contributed by atoms with Crippen molar-refractivity contribution in [2.45, 2.75) is 20.0 Å². The summed E-state index contributed by atoms with van der Waals surface area (Å²) in [6.45, 7) is 3.04. The van der Waals surface area contributed by atoms with Crippen LogP contribution in [-0.2, 0) is 13.1 Å². The third-order valence-corrected chi connectivity index (χ3v) is 6.09. The Hall–Kier alpha value is -4.59. The normalized spacial score (nSPS) is 10.9. The van der Waals surface area contributed by atoms with Gasteiger partial charge in [0.2, 0.25) is 0 Å². The van der Waals surface area contributed by atoms with E-state index in [-0.39, 0.29) is 11.7 Å². The number of aryl methyl sites for hydroxylation is 1. The van der Waals surface area contributed by atoms with E-state index in [0.29, 0.717) is 29.9 Å². The third-order valence-electron chi connectivity index (χ3n) is 6.09. The van der Waals surface area contributed by atoms with Crippen molar-refractivity contribution in [3.63, 3.8) is 0 Å². The van der Waals surface area contributed by atoms with Gasteiger partial charge < -0.3 is 15.7 Å². The number of hydrogen-bond acceptors (Lipinski definition) is 5. The molecule has 0 aliphatic carbocycles. The molecule has 178 valence electrons. The number of phenols is 1. The standard InChI is InChI=1S/C28H26BN5O2/c1-18-6-12-21(13-7-18)28(36)31-16-20-10-8-19(9-11-20)15-30-26-14-24(22-4-2-3-5-25(22)35)33-27-23(29)17-32-34(26)27/h2-14,17,30,35H,15-16,29H2,1H3,(H,31,36). The highest BCUT2D eigenvalue weighted by molar-refractivity contribution is 6.36. The first-order chi connectivity index (χ1) is 17.5. The summed E-state index contributed by atoms with van der Waals surface area (Å²) in [5.41, 5.74) is 6.91. The van der Waals surface area contributed by atoms with Gasteiger partial charge in [-0.25, -0.2) is 4.98 Å². The predicted octanol–water partition coefficient (Wildman–Crippen LogP) is 3.21. The van der Waals surface area contributed by atoms with Crippen LogP contribution >= 0.6 is 0 Å². The van der Waals surface area contributed by atoms with Gasteiger partial charge in [0.1, 0.15) is 19.4 Å². The average molecular weight is 475 g/mol. The Balaban J connectivity index is 1.28. The minimum atomic E-state index is -0.0859. The number of para-hydroxylation sites is 1. The van der Waals surface area contributed by atoms with E-state index in [1.807, 2.05) is 81.5 Å². The number of nitrogens with zero attached hydrogens (tertiary/aromatic N) is 3. The van der Waals surface area contributed by atoms with Gasteiger partial charge in [0.15, 0.2) is 5.65 Å². The summed E-state index contributed by atoms with van der Waals surface area (Å²) < 4.78 is 1.77. The first-order valence-corrected chi connectivity index (χ1v) is 11.8. The average Bonchev–Trinajstić information content (AvgIpc) is 3.27. The molecule has 3 N–H and O–H groups in total. The second-order valence-electron chi connectivity index (χ2n) is 8.83. The van der Waals surface area contributed by atoms with Crippen LogP contribution in [0.25, 0.3) is 16.9 Å². The monoisotopic (exact) mass is 475 g/mol. The Morgan fingerprint density at radius 2 is 1.67 bits per heavy atom. The molecule has 7 nitrogen and oxygen atoms in total. The molecule has 5 aromatic rings. The lowest BCUT2D eigenvalue weighted by Crippen LogP contribution is -2.22. The van der Waals surface area contributed by atoms with Crippen LogP contribution in [0.3, 0.4) is 0 Å². The van der Waals surface area contributed by atoms with Crippen molar-refractivity contribution in [1.29, 1.82) is 0 Å². The smallest absolute Gasteiger partial charge is 0.251 e. The number of benzene rings is 3. The number of aromatic nitrogens is 3. The molecular weight excluding hydrogens is 449 g/mol. The summed E-state index contributed by atoms with van der Waals surface area (Å²) >= 11 is 0. The molecule has 0 fully saturated rings. The molecule has 3 aromatic carbocycles. The van der Waals surface area contributed by atoms with E-state index in [1.165, 1.54) is 0 Å². The van der Waals surface area contributed by atoms with E-state index in [9.17, 15) is 9.90 Å². The number of carbonyl (C=O) groups excluding carboxylic acids is 1. The second kappa shape index (κ2) is 9.96. The van der Waals surface area contributed by atoms with E-state index >= 15 is 0 Å². The lowest BCUT2D eigenvalue weighted by Gasteiger charge is -2.12. The van der Waals surface area contributed by atoms with Crippen LogP contribution in [0.4, 0.5) is 5.82 Å². The number of amides is 1. The summed E-state index contributed by atoms with van der Waals surface area (Å²) in [5.74, 6) is 0.875. The Bertz CT molecular complexity index is 1530. The van der Waals surface area contributed by atoms with Gasteiger partial charge in [-0.2, -0.15) is 9.61 Å². The van der Waals surface area contributed by atoms with Gasteiger partial charge in [-0.15, -0.1) is 0 Å². The maximum atomic E-state index is 12.4. The van der Waals surface area contributed by atoms with Gasteiger partial charge in [0.05, 0.1) is 5.69 Å². The molecule has 0 spiro atoms. The minimum Gasteiger partial charge on any atom is -0.507 e. The summed E-state index contributed by atoms with van der Waals surface area (Å²) in [6, 6.07) is 24.7. The van der Waals surface area contributed by atoms with Gasteiger partial charge in [-0.1, -0.05) is 54.1 Å². The SMILES string of the molecule is Bc1cnn2c(NCc3ccc(CNC(=O)c4ccc(C)cc4)cc3)cc(-c3ccccc3O)nc12.